The lowest BCUT2D eigenvalue weighted by Crippen LogP contribution is -2.52. The molecule has 0 bridgehead atoms. The van der Waals surface area contributed by atoms with Gasteiger partial charge in [0.1, 0.15) is 5.82 Å². The number of anilines is 2. The number of nitrogens with zero attached hydrogens (tertiary/aromatic N) is 3. The second-order valence-electron chi connectivity index (χ2n) is 6.04. The van der Waals surface area contributed by atoms with E-state index in [0.29, 0.717) is 11.6 Å². The van der Waals surface area contributed by atoms with Crippen LogP contribution in [0.4, 0.5) is 11.5 Å². The first-order valence-electron chi connectivity index (χ1n) is 7.89. The fraction of sp³-hybridized carbons (Fsp3) is 0.333. The SMILES string of the molecule is Cc1ccccc1N1CCN(c2cc(C(N)=O)ccn2)C(C)C1. The van der Waals surface area contributed by atoms with Crippen LogP contribution in [0, 0.1) is 6.92 Å². The molecule has 1 saturated heterocycles. The summed E-state index contributed by atoms with van der Waals surface area (Å²) in [5.74, 6) is 0.401. The van der Waals surface area contributed by atoms with Gasteiger partial charge in [0.2, 0.25) is 5.91 Å². The maximum absolute atomic E-state index is 11.4. The number of para-hydroxylation sites is 1. The van der Waals surface area contributed by atoms with Crippen LogP contribution < -0.4 is 15.5 Å². The maximum Gasteiger partial charge on any atom is 0.248 e. The number of amides is 1. The van der Waals surface area contributed by atoms with Gasteiger partial charge in [-0.2, -0.15) is 0 Å². The number of carbonyl (C=O) groups excluding carboxylic acids is 1. The molecule has 1 unspecified atom stereocenters. The number of aryl methyl sites for hydroxylation is 1. The molecule has 0 saturated carbocycles. The molecule has 5 nitrogen and oxygen atoms in total. The Balaban J connectivity index is 1.78. The Bertz CT molecular complexity index is 716. The third-order valence-corrected chi connectivity index (χ3v) is 4.41. The number of hydrogen-bond acceptors (Lipinski definition) is 4. The molecule has 1 fully saturated rings. The van der Waals surface area contributed by atoms with Crippen molar-refractivity contribution in [2.75, 3.05) is 29.4 Å². The normalized spacial score (nSPS) is 18.1. The predicted molar refractivity (Wildman–Crippen MR) is 93.0 cm³/mol. The summed E-state index contributed by atoms with van der Waals surface area (Å²) in [5, 5.41) is 0. The van der Waals surface area contributed by atoms with Crippen LogP contribution in [0.2, 0.25) is 0 Å². The number of nitrogens with two attached hydrogens (primary N) is 1. The lowest BCUT2D eigenvalue weighted by molar-refractivity contribution is 0.1000. The lowest BCUT2D eigenvalue weighted by Gasteiger charge is -2.42. The van der Waals surface area contributed by atoms with Crippen molar-refractivity contribution in [3.05, 3.63) is 53.7 Å². The van der Waals surface area contributed by atoms with Crippen molar-refractivity contribution < 1.29 is 4.79 Å². The molecule has 5 heteroatoms. The quantitative estimate of drug-likeness (QED) is 0.944. The molecule has 1 aliphatic heterocycles. The number of aromatic nitrogens is 1. The molecular weight excluding hydrogens is 288 g/mol. The standard InChI is InChI=1S/C18H22N4O/c1-13-5-3-4-6-16(13)21-9-10-22(14(2)12-21)17-11-15(18(19)23)7-8-20-17/h3-8,11,14H,9-10,12H2,1-2H3,(H2,19,23). The van der Waals surface area contributed by atoms with E-state index in [1.807, 2.05) is 0 Å². The predicted octanol–water partition coefficient (Wildman–Crippen LogP) is 2.20. The Morgan fingerprint density at radius 2 is 2.04 bits per heavy atom. The molecule has 0 spiro atoms. The lowest BCUT2D eigenvalue weighted by atomic mass is 10.1. The van der Waals surface area contributed by atoms with Gasteiger partial charge in [-0.15, -0.1) is 0 Å². The van der Waals surface area contributed by atoms with Gasteiger partial charge in [-0.05, 0) is 37.6 Å². The van der Waals surface area contributed by atoms with E-state index >= 15 is 0 Å². The minimum Gasteiger partial charge on any atom is -0.367 e. The van der Waals surface area contributed by atoms with Crippen molar-refractivity contribution in [2.24, 2.45) is 5.73 Å². The van der Waals surface area contributed by atoms with Crippen molar-refractivity contribution >= 4 is 17.4 Å². The first kappa shape index (κ1) is 15.3. The topological polar surface area (TPSA) is 62.5 Å². The molecule has 1 aliphatic rings. The number of benzene rings is 1. The first-order valence-corrected chi connectivity index (χ1v) is 7.89. The third kappa shape index (κ3) is 3.13. The minimum absolute atomic E-state index is 0.305. The fourth-order valence-electron chi connectivity index (χ4n) is 3.16. The van der Waals surface area contributed by atoms with Gasteiger partial charge in [0.25, 0.3) is 0 Å². The van der Waals surface area contributed by atoms with Crippen LogP contribution in [-0.2, 0) is 0 Å². The molecule has 2 N–H and O–H groups in total. The van der Waals surface area contributed by atoms with Crippen molar-refractivity contribution in [3.8, 4) is 0 Å². The molecule has 1 aromatic carbocycles. The molecule has 0 radical (unpaired) electrons. The molecule has 2 aromatic rings. The number of pyridine rings is 1. The monoisotopic (exact) mass is 310 g/mol. The second kappa shape index (κ2) is 6.28. The number of carbonyl (C=O) groups is 1. The molecule has 3 rings (SSSR count). The Hall–Kier alpha value is -2.56. The third-order valence-electron chi connectivity index (χ3n) is 4.41. The van der Waals surface area contributed by atoms with E-state index in [2.05, 4.69) is 52.9 Å². The molecule has 0 aliphatic carbocycles. The molecule has 1 atom stereocenters. The summed E-state index contributed by atoms with van der Waals surface area (Å²) in [6.07, 6.45) is 1.65. The van der Waals surface area contributed by atoms with Crippen molar-refractivity contribution in [3.63, 3.8) is 0 Å². The summed E-state index contributed by atoms with van der Waals surface area (Å²) in [6.45, 7) is 7.04. The second-order valence-corrected chi connectivity index (χ2v) is 6.04. The van der Waals surface area contributed by atoms with Gasteiger partial charge in [-0.25, -0.2) is 4.98 Å². The summed E-state index contributed by atoms with van der Waals surface area (Å²) >= 11 is 0. The highest BCUT2D eigenvalue weighted by Gasteiger charge is 2.25. The average Bonchev–Trinajstić information content (AvgIpc) is 2.55. The van der Waals surface area contributed by atoms with Crippen molar-refractivity contribution in [1.82, 2.24) is 4.98 Å². The molecule has 23 heavy (non-hydrogen) atoms. The van der Waals surface area contributed by atoms with E-state index in [1.54, 1.807) is 18.3 Å². The Kier molecular flexibility index (Phi) is 4.19. The highest BCUT2D eigenvalue weighted by Crippen LogP contribution is 2.25. The van der Waals surface area contributed by atoms with Crippen molar-refractivity contribution in [2.45, 2.75) is 19.9 Å². The number of primary amides is 1. The van der Waals surface area contributed by atoms with Crippen LogP contribution in [0.15, 0.2) is 42.6 Å². The Morgan fingerprint density at radius 1 is 1.26 bits per heavy atom. The highest BCUT2D eigenvalue weighted by molar-refractivity contribution is 5.93. The van der Waals surface area contributed by atoms with E-state index in [0.717, 1.165) is 25.5 Å². The van der Waals surface area contributed by atoms with Gasteiger partial charge in [-0.3, -0.25) is 4.79 Å². The molecule has 2 heterocycles. The van der Waals surface area contributed by atoms with Crippen LogP contribution in [0.25, 0.3) is 0 Å². The summed E-state index contributed by atoms with van der Waals surface area (Å²) in [5.41, 5.74) is 8.45. The number of hydrogen-bond donors (Lipinski definition) is 1. The molecule has 120 valence electrons. The van der Waals surface area contributed by atoms with E-state index in [4.69, 9.17) is 5.73 Å². The maximum atomic E-state index is 11.4. The number of piperazine rings is 1. The van der Waals surface area contributed by atoms with Crippen LogP contribution in [0.3, 0.4) is 0 Å². The van der Waals surface area contributed by atoms with Gasteiger partial charge in [0, 0.05) is 43.1 Å². The van der Waals surface area contributed by atoms with Gasteiger partial charge < -0.3 is 15.5 Å². The Morgan fingerprint density at radius 3 is 2.74 bits per heavy atom. The van der Waals surface area contributed by atoms with E-state index in [1.165, 1.54) is 11.3 Å². The van der Waals surface area contributed by atoms with Crippen molar-refractivity contribution in [1.29, 1.82) is 0 Å². The fourth-order valence-corrected chi connectivity index (χ4v) is 3.16. The van der Waals surface area contributed by atoms with Crippen LogP contribution >= 0.6 is 0 Å². The average molecular weight is 310 g/mol. The summed E-state index contributed by atoms with van der Waals surface area (Å²) in [6, 6.07) is 12.2. The van der Waals surface area contributed by atoms with Gasteiger partial charge >= 0.3 is 0 Å². The molecule has 1 aromatic heterocycles. The zero-order valence-electron chi connectivity index (χ0n) is 13.6. The number of rotatable bonds is 3. The largest absolute Gasteiger partial charge is 0.367 e. The summed E-state index contributed by atoms with van der Waals surface area (Å²) in [4.78, 5) is 20.4. The molecule has 1 amide bonds. The zero-order chi connectivity index (χ0) is 16.4. The highest BCUT2D eigenvalue weighted by atomic mass is 16.1. The smallest absolute Gasteiger partial charge is 0.248 e. The van der Waals surface area contributed by atoms with Gasteiger partial charge in [0.05, 0.1) is 0 Å². The first-order chi connectivity index (χ1) is 11.1. The molecular formula is C18H22N4O. The van der Waals surface area contributed by atoms with E-state index in [9.17, 15) is 4.79 Å². The van der Waals surface area contributed by atoms with Gasteiger partial charge in [0.15, 0.2) is 0 Å². The van der Waals surface area contributed by atoms with E-state index < -0.39 is 5.91 Å². The summed E-state index contributed by atoms with van der Waals surface area (Å²) < 4.78 is 0. The van der Waals surface area contributed by atoms with Crippen LogP contribution in [0.1, 0.15) is 22.8 Å². The van der Waals surface area contributed by atoms with Gasteiger partial charge in [-0.1, -0.05) is 18.2 Å². The van der Waals surface area contributed by atoms with E-state index in [-0.39, 0.29) is 0 Å². The zero-order valence-corrected chi connectivity index (χ0v) is 13.6. The van der Waals surface area contributed by atoms with Crippen LogP contribution in [0.5, 0.6) is 0 Å². The summed E-state index contributed by atoms with van der Waals surface area (Å²) in [7, 11) is 0. The van der Waals surface area contributed by atoms with Crippen LogP contribution in [-0.4, -0.2) is 36.6 Å². The Labute approximate surface area is 136 Å². The minimum atomic E-state index is -0.417.